The van der Waals surface area contributed by atoms with Gasteiger partial charge in [-0.15, -0.1) is 6.58 Å². The molecule has 0 amide bonds. The van der Waals surface area contributed by atoms with Crippen molar-refractivity contribution in [3.8, 4) is 0 Å². The van der Waals surface area contributed by atoms with Gasteiger partial charge in [0, 0.05) is 6.42 Å². The number of unbranched alkanes of at least 4 members (excludes halogenated alkanes) is 2. The second-order valence-corrected chi connectivity index (χ2v) is 6.13. The minimum Gasteiger partial charge on any atom is -0.299 e. The van der Waals surface area contributed by atoms with Gasteiger partial charge >= 0.3 is 0 Å². The van der Waals surface area contributed by atoms with Crippen molar-refractivity contribution >= 4 is 15.6 Å². The van der Waals surface area contributed by atoms with E-state index in [1.54, 1.807) is 24.3 Å². The largest absolute Gasteiger partial charge is 0.299 e. The van der Waals surface area contributed by atoms with Crippen molar-refractivity contribution in [1.29, 1.82) is 0 Å². The first-order valence-corrected chi connectivity index (χ1v) is 7.62. The Morgan fingerprint density at radius 2 is 1.83 bits per heavy atom. The third-order valence-corrected chi connectivity index (χ3v) is 4.26. The van der Waals surface area contributed by atoms with Crippen LogP contribution in [0.4, 0.5) is 0 Å². The summed E-state index contributed by atoms with van der Waals surface area (Å²) >= 11 is 0. The van der Waals surface area contributed by atoms with Crippen molar-refractivity contribution in [2.45, 2.75) is 30.6 Å². The Hall–Kier alpha value is -1.42. The molecule has 0 N–H and O–H groups in total. The summed E-state index contributed by atoms with van der Waals surface area (Å²) in [7, 11) is -3.47. The molecule has 0 bridgehead atoms. The standard InChI is InChI=1S/C14H18O3S/c1-2-3-4-6-9-13(15)12-18(16,17)14-10-7-5-8-11-14/h2,5,7-8,10-11H,1,3-4,6,9,12H2. The highest BCUT2D eigenvalue weighted by atomic mass is 32.2. The maximum absolute atomic E-state index is 11.9. The zero-order chi connectivity index (χ0) is 13.4. The van der Waals surface area contributed by atoms with Crippen LogP contribution in [-0.2, 0) is 14.6 Å². The van der Waals surface area contributed by atoms with Crippen molar-refractivity contribution in [3.05, 3.63) is 43.0 Å². The Balaban J connectivity index is 2.51. The summed E-state index contributed by atoms with van der Waals surface area (Å²) in [5.41, 5.74) is 0. The topological polar surface area (TPSA) is 51.2 Å². The number of hydrogen-bond donors (Lipinski definition) is 0. The summed E-state index contributed by atoms with van der Waals surface area (Å²) in [6.45, 7) is 3.60. The Labute approximate surface area is 108 Å². The lowest BCUT2D eigenvalue weighted by Crippen LogP contribution is -2.16. The van der Waals surface area contributed by atoms with E-state index in [0.717, 1.165) is 19.3 Å². The molecule has 1 rings (SSSR count). The van der Waals surface area contributed by atoms with Crippen LogP contribution in [0.15, 0.2) is 47.9 Å². The third kappa shape index (κ3) is 4.84. The molecule has 4 heteroatoms. The Bertz CT molecular complexity index is 489. The van der Waals surface area contributed by atoms with Crippen LogP contribution in [0.1, 0.15) is 25.7 Å². The summed E-state index contributed by atoms with van der Waals surface area (Å²) in [5, 5.41) is 0. The van der Waals surface area contributed by atoms with E-state index in [1.807, 2.05) is 0 Å². The molecule has 0 aliphatic rings. The highest BCUT2D eigenvalue weighted by Gasteiger charge is 2.18. The van der Waals surface area contributed by atoms with Crippen molar-refractivity contribution in [2.24, 2.45) is 0 Å². The normalized spacial score (nSPS) is 11.1. The number of ketones is 1. The maximum atomic E-state index is 11.9. The molecule has 0 spiro atoms. The molecule has 0 aliphatic carbocycles. The van der Waals surface area contributed by atoms with Crippen LogP contribution in [0, 0.1) is 0 Å². The summed E-state index contributed by atoms with van der Waals surface area (Å²) < 4.78 is 23.8. The van der Waals surface area contributed by atoms with Gasteiger partial charge < -0.3 is 0 Å². The number of Topliss-reactive ketones (excluding diaryl/α,β-unsaturated/α-hetero) is 1. The first kappa shape index (κ1) is 14.6. The van der Waals surface area contributed by atoms with Gasteiger partial charge in [-0.3, -0.25) is 4.79 Å². The summed E-state index contributed by atoms with van der Waals surface area (Å²) in [6, 6.07) is 8.08. The van der Waals surface area contributed by atoms with Gasteiger partial charge in [0.15, 0.2) is 9.84 Å². The molecule has 18 heavy (non-hydrogen) atoms. The van der Waals surface area contributed by atoms with E-state index in [9.17, 15) is 13.2 Å². The van der Waals surface area contributed by atoms with E-state index in [2.05, 4.69) is 6.58 Å². The Kier molecular flexibility index (Phi) is 5.78. The fourth-order valence-electron chi connectivity index (χ4n) is 1.61. The van der Waals surface area contributed by atoms with Gasteiger partial charge in [0.2, 0.25) is 0 Å². The third-order valence-electron chi connectivity index (χ3n) is 2.57. The van der Waals surface area contributed by atoms with Gasteiger partial charge in [-0.1, -0.05) is 24.3 Å². The van der Waals surface area contributed by atoms with Crippen LogP contribution in [0.5, 0.6) is 0 Å². The quantitative estimate of drug-likeness (QED) is 0.537. The molecule has 0 saturated carbocycles. The first-order valence-electron chi connectivity index (χ1n) is 5.96. The lowest BCUT2D eigenvalue weighted by Gasteiger charge is -2.03. The van der Waals surface area contributed by atoms with Crippen molar-refractivity contribution in [2.75, 3.05) is 5.75 Å². The molecule has 1 aromatic carbocycles. The van der Waals surface area contributed by atoms with E-state index in [0.29, 0.717) is 6.42 Å². The lowest BCUT2D eigenvalue weighted by molar-refractivity contribution is -0.116. The molecule has 0 heterocycles. The zero-order valence-corrected chi connectivity index (χ0v) is 11.2. The average molecular weight is 266 g/mol. The zero-order valence-electron chi connectivity index (χ0n) is 10.3. The fourth-order valence-corrected chi connectivity index (χ4v) is 2.91. The number of sulfone groups is 1. The Morgan fingerprint density at radius 1 is 1.17 bits per heavy atom. The maximum Gasteiger partial charge on any atom is 0.185 e. The van der Waals surface area contributed by atoms with Gasteiger partial charge in [0.1, 0.15) is 11.5 Å². The second-order valence-electron chi connectivity index (χ2n) is 4.15. The van der Waals surface area contributed by atoms with E-state index in [4.69, 9.17) is 0 Å². The molecule has 0 saturated heterocycles. The lowest BCUT2D eigenvalue weighted by atomic mass is 10.1. The van der Waals surface area contributed by atoms with E-state index in [-0.39, 0.29) is 10.7 Å². The van der Waals surface area contributed by atoms with Crippen molar-refractivity contribution in [1.82, 2.24) is 0 Å². The molecule has 1 aromatic rings. The number of benzene rings is 1. The predicted octanol–water partition coefficient (Wildman–Crippen LogP) is 2.78. The number of carbonyl (C=O) groups is 1. The van der Waals surface area contributed by atoms with Gasteiger partial charge in [-0.05, 0) is 31.4 Å². The minimum absolute atomic E-state index is 0.212. The molecule has 0 atom stereocenters. The smallest absolute Gasteiger partial charge is 0.185 e. The molecule has 0 fully saturated rings. The van der Waals surface area contributed by atoms with Crippen LogP contribution in [0.3, 0.4) is 0 Å². The minimum atomic E-state index is -3.47. The number of hydrogen-bond acceptors (Lipinski definition) is 3. The van der Waals surface area contributed by atoms with E-state index < -0.39 is 15.6 Å². The van der Waals surface area contributed by atoms with Crippen molar-refractivity contribution in [3.63, 3.8) is 0 Å². The molecule has 0 radical (unpaired) electrons. The average Bonchev–Trinajstić information content (AvgIpc) is 2.35. The predicted molar refractivity (Wildman–Crippen MR) is 72.2 cm³/mol. The highest BCUT2D eigenvalue weighted by molar-refractivity contribution is 7.92. The van der Waals surface area contributed by atoms with Crippen LogP contribution in [-0.4, -0.2) is 20.0 Å². The summed E-state index contributed by atoms with van der Waals surface area (Å²) in [4.78, 5) is 11.8. The molecule has 0 unspecified atom stereocenters. The molecule has 0 aromatic heterocycles. The van der Waals surface area contributed by atoms with Crippen LogP contribution in [0.2, 0.25) is 0 Å². The first-order chi connectivity index (χ1) is 8.56. The van der Waals surface area contributed by atoms with Crippen molar-refractivity contribution < 1.29 is 13.2 Å². The second kappa shape index (κ2) is 7.11. The SMILES string of the molecule is C=CCCCCC(=O)CS(=O)(=O)c1ccccc1. The van der Waals surface area contributed by atoms with Crippen LogP contribution < -0.4 is 0 Å². The fraction of sp³-hybridized carbons (Fsp3) is 0.357. The Morgan fingerprint density at radius 3 is 2.44 bits per heavy atom. The monoisotopic (exact) mass is 266 g/mol. The number of rotatable bonds is 8. The molecule has 3 nitrogen and oxygen atoms in total. The molecule has 0 aliphatic heterocycles. The van der Waals surface area contributed by atoms with E-state index >= 15 is 0 Å². The molecular formula is C14H18O3S. The molecular weight excluding hydrogens is 248 g/mol. The summed E-state index contributed by atoms with van der Waals surface area (Å²) in [6.07, 6.45) is 4.57. The van der Waals surface area contributed by atoms with Gasteiger partial charge in [-0.25, -0.2) is 8.42 Å². The van der Waals surface area contributed by atoms with Gasteiger partial charge in [0.25, 0.3) is 0 Å². The van der Waals surface area contributed by atoms with Gasteiger partial charge in [0.05, 0.1) is 4.90 Å². The van der Waals surface area contributed by atoms with Gasteiger partial charge in [-0.2, -0.15) is 0 Å². The van der Waals surface area contributed by atoms with E-state index in [1.165, 1.54) is 12.1 Å². The van der Waals surface area contributed by atoms with Crippen LogP contribution in [0.25, 0.3) is 0 Å². The summed E-state index contributed by atoms with van der Waals surface area (Å²) in [5.74, 6) is -0.617. The molecule has 98 valence electrons. The highest BCUT2D eigenvalue weighted by Crippen LogP contribution is 2.11. The number of carbonyl (C=O) groups excluding carboxylic acids is 1. The van der Waals surface area contributed by atoms with Crippen LogP contribution >= 0.6 is 0 Å². The number of allylic oxidation sites excluding steroid dienone is 1.